The first-order valence-corrected chi connectivity index (χ1v) is 12.3. The smallest absolute Gasteiger partial charge is 0.270 e. The van der Waals surface area contributed by atoms with Gasteiger partial charge in [-0.1, -0.05) is 30.3 Å². The molecule has 1 saturated heterocycles. The lowest BCUT2D eigenvalue weighted by atomic mass is 9.66. The molecule has 4 aromatic rings. The van der Waals surface area contributed by atoms with Gasteiger partial charge in [-0.05, 0) is 57.9 Å². The third-order valence-electron chi connectivity index (χ3n) is 7.58. The van der Waals surface area contributed by atoms with E-state index in [0.29, 0.717) is 30.8 Å². The van der Waals surface area contributed by atoms with E-state index in [2.05, 4.69) is 20.7 Å². The number of Topliss-reactive ketones (excluding diaryl/α,β-unsaturated/α-hetero) is 1. The lowest BCUT2D eigenvalue weighted by molar-refractivity contribution is 0.0764. The van der Waals surface area contributed by atoms with Crippen LogP contribution in [0.2, 0.25) is 0 Å². The van der Waals surface area contributed by atoms with E-state index in [-0.39, 0.29) is 11.7 Å². The summed E-state index contributed by atoms with van der Waals surface area (Å²) in [4.78, 5) is 32.6. The highest BCUT2D eigenvalue weighted by molar-refractivity contribution is 6.06. The van der Waals surface area contributed by atoms with Crippen LogP contribution in [0.5, 0.6) is 0 Å². The third-order valence-corrected chi connectivity index (χ3v) is 7.58. The van der Waals surface area contributed by atoms with Gasteiger partial charge in [0.15, 0.2) is 5.78 Å². The number of nitrogens with zero attached hydrogens (tertiary/aromatic N) is 4. The Kier molecular flexibility index (Phi) is 6.00. The van der Waals surface area contributed by atoms with Crippen molar-refractivity contribution in [2.24, 2.45) is 7.05 Å². The van der Waals surface area contributed by atoms with Crippen LogP contribution in [0.25, 0.3) is 5.65 Å². The Bertz CT molecular complexity index is 1470. The summed E-state index contributed by atoms with van der Waals surface area (Å²) >= 11 is 0. The number of ketones is 1. The minimum absolute atomic E-state index is 0.0257. The highest BCUT2D eigenvalue weighted by atomic mass is 16.2. The normalized spacial score (nSPS) is 20.0. The van der Waals surface area contributed by atoms with Gasteiger partial charge in [-0.25, -0.2) is 4.98 Å². The zero-order valence-corrected chi connectivity index (χ0v) is 21.4. The molecule has 2 atom stereocenters. The number of aromatic nitrogens is 4. The Morgan fingerprint density at radius 3 is 2.58 bits per heavy atom. The predicted octanol–water partition coefficient (Wildman–Crippen LogP) is 3.21. The molecular formula is C28H32N6O2. The second kappa shape index (κ2) is 9.02. The number of pyridine rings is 1. The van der Waals surface area contributed by atoms with Crippen LogP contribution in [0.3, 0.4) is 0 Å². The van der Waals surface area contributed by atoms with Crippen LogP contribution in [0, 0.1) is 27.7 Å². The Hall–Kier alpha value is -3.78. The maximum absolute atomic E-state index is 14.6. The average molecular weight is 485 g/mol. The minimum atomic E-state index is -0.981. The van der Waals surface area contributed by atoms with Crippen LogP contribution in [-0.4, -0.2) is 50.0 Å². The molecule has 36 heavy (non-hydrogen) atoms. The number of imidazole rings is 1. The van der Waals surface area contributed by atoms with Crippen molar-refractivity contribution >= 4 is 17.3 Å². The van der Waals surface area contributed by atoms with Crippen molar-refractivity contribution in [3.63, 3.8) is 0 Å². The number of carbonyl (C=O) groups excluding carboxylic acids is 2. The van der Waals surface area contributed by atoms with E-state index in [9.17, 15) is 9.59 Å². The number of rotatable bonds is 5. The molecule has 0 aliphatic carbocycles. The van der Waals surface area contributed by atoms with Crippen molar-refractivity contribution in [3.8, 4) is 0 Å². The highest BCUT2D eigenvalue weighted by Crippen LogP contribution is 2.36. The largest absolute Gasteiger partial charge is 0.347 e. The van der Waals surface area contributed by atoms with E-state index in [0.717, 1.165) is 33.7 Å². The van der Waals surface area contributed by atoms with Gasteiger partial charge in [0.25, 0.3) is 5.91 Å². The van der Waals surface area contributed by atoms with E-state index in [1.807, 2.05) is 80.9 Å². The van der Waals surface area contributed by atoms with Crippen molar-refractivity contribution in [1.29, 1.82) is 0 Å². The van der Waals surface area contributed by atoms with Crippen molar-refractivity contribution in [2.75, 3.05) is 13.1 Å². The molecule has 0 unspecified atom stereocenters. The van der Waals surface area contributed by atoms with E-state index in [1.165, 1.54) is 0 Å². The predicted molar refractivity (Wildman–Crippen MR) is 139 cm³/mol. The van der Waals surface area contributed by atoms with Gasteiger partial charge in [0.05, 0.1) is 11.1 Å². The molecule has 0 spiro atoms. The summed E-state index contributed by atoms with van der Waals surface area (Å²) in [6.07, 6.45) is 4.31. The lowest BCUT2D eigenvalue weighted by Gasteiger charge is -2.44. The summed E-state index contributed by atoms with van der Waals surface area (Å²) in [6, 6.07) is 11.3. The summed E-state index contributed by atoms with van der Waals surface area (Å²) in [5, 5.41) is 11.1. The number of aryl methyl sites for hydroxylation is 4. The first-order valence-electron chi connectivity index (χ1n) is 12.3. The molecule has 2 N–H and O–H groups in total. The Morgan fingerprint density at radius 2 is 1.89 bits per heavy atom. The summed E-state index contributed by atoms with van der Waals surface area (Å²) in [5.41, 5.74) is 5.41. The Labute approximate surface area is 210 Å². The SMILES string of the molecule is Cc1nn(C)c(C(=O)N[C@@H]2CCNC[C@@]2(C(=O)c2cc(C)c3ncc(C)n3c2)c2ccccc2)c1C. The molecule has 0 radical (unpaired) electrons. The summed E-state index contributed by atoms with van der Waals surface area (Å²) in [7, 11) is 1.78. The first kappa shape index (κ1) is 23.9. The van der Waals surface area contributed by atoms with Crippen LogP contribution in [0.15, 0.2) is 48.8 Å². The molecule has 3 aromatic heterocycles. The quantitative estimate of drug-likeness (QED) is 0.425. The number of hydrogen-bond donors (Lipinski definition) is 2. The Balaban J connectivity index is 1.63. The van der Waals surface area contributed by atoms with Crippen molar-refractivity contribution < 1.29 is 9.59 Å². The molecule has 1 aromatic carbocycles. The highest BCUT2D eigenvalue weighted by Gasteiger charge is 2.49. The maximum Gasteiger partial charge on any atom is 0.270 e. The standard InChI is InChI=1S/C28H32N6O2/c1-17-13-21(15-34-18(2)14-30-26(17)34)25(35)28(22-9-7-6-8-10-22)16-29-12-11-23(28)31-27(36)24-19(3)20(4)32-33(24)5/h6-10,13-15,23,29H,11-12,16H2,1-5H3,(H,31,36)/t23-,28-/m1/s1. The molecule has 4 heterocycles. The molecule has 186 valence electrons. The fourth-order valence-corrected chi connectivity index (χ4v) is 5.57. The van der Waals surface area contributed by atoms with Gasteiger partial charge in [-0.15, -0.1) is 0 Å². The monoisotopic (exact) mass is 484 g/mol. The van der Waals surface area contributed by atoms with Crippen molar-refractivity contribution in [1.82, 2.24) is 29.8 Å². The van der Waals surface area contributed by atoms with Gasteiger partial charge in [0, 0.05) is 48.8 Å². The van der Waals surface area contributed by atoms with Crippen LogP contribution < -0.4 is 10.6 Å². The van der Waals surface area contributed by atoms with E-state index < -0.39 is 11.5 Å². The molecule has 8 nitrogen and oxygen atoms in total. The number of hydrogen-bond acceptors (Lipinski definition) is 5. The molecule has 0 bridgehead atoms. The second-order valence-electron chi connectivity index (χ2n) is 9.85. The van der Waals surface area contributed by atoms with Crippen LogP contribution in [0.1, 0.15) is 55.3 Å². The molecule has 1 aliphatic rings. The first-order chi connectivity index (χ1) is 17.2. The van der Waals surface area contributed by atoms with E-state index >= 15 is 0 Å². The number of piperidine rings is 1. The summed E-state index contributed by atoms with van der Waals surface area (Å²) < 4.78 is 3.58. The minimum Gasteiger partial charge on any atom is -0.347 e. The molecule has 8 heteroatoms. The fourth-order valence-electron chi connectivity index (χ4n) is 5.57. The number of carbonyl (C=O) groups is 2. The van der Waals surface area contributed by atoms with Gasteiger partial charge in [-0.3, -0.25) is 14.3 Å². The van der Waals surface area contributed by atoms with Crippen molar-refractivity contribution in [2.45, 2.75) is 45.6 Å². The van der Waals surface area contributed by atoms with Gasteiger partial charge in [-0.2, -0.15) is 5.10 Å². The molecular weight excluding hydrogens is 452 g/mol. The van der Waals surface area contributed by atoms with Gasteiger partial charge < -0.3 is 15.0 Å². The number of nitrogens with one attached hydrogen (secondary N) is 2. The molecule has 5 rings (SSSR count). The second-order valence-corrected chi connectivity index (χ2v) is 9.85. The zero-order valence-electron chi connectivity index (χ0n) is 21.4. The van der Waals surface area contributed by atoms with Gasteiger partial charge >= 0.3 is 0 Å². The number of amides is 1. The third kappa shape index (κ3) is 3.73. The maximum atomic E-state index is 14.6. The zero-order chi connectivity index (χ0) is 25.6. The topological polar surface area (TPSA) is 93.3 Å². The van der Waals surface area contributed by atoms with Crippen LogP contribution in [0.4, 0.5) is 0 Å². The van der Waals surface area contributed by atoms with Crippen LogP contribution >= 0.6 is 0 Å². The fraction of sp³-hybridized carbons (Fsp3) is 0.357. The van der Waals surface area contributed by atoms with E-state index in [4.69, 9.17) is 0 Å². The molecule has 1 fully saturated rings. The molecule has 1 aliphatic heterocycles. The Morgan fingerprint density at radius 1 is 1.14 bits per heavy atom. The van der Waals surface area contributed by atoms with Crippen LogP contribution in [-0.2, 0) is 12.5 Å². The molecule has 0 saturated carbocycles. The van der Waals surface area contributed by atoms with Gasteiger partial charge in [0.2, 0.25) is 0 Å². The summed E-state index contributed by atoms with van der Waals surface area (Å²) in [5.74, 6) is -0.241. The van der Waals surface area contributed by atoms with Gasteiger partial charge in [0.1, 0.15) is 11.3 Å². The van der Waals surface area contributed by atoms with Crippen molar-refractivity contribution in [3.05, 3.63) is 88.1 Å². The van der Waals surface area contributed by atoms with E-state index in [1.54, 1.807) is 11.7 Å². The number of fused-ring (bicyclic) bond motifs is 1. The summed E-state index contributed by atoms with van der Waals surface area (Å²) in [6.45, 7) is 8.87. The molecule has 1 amide bonds. The average Bonchev–Trinajstić information content (AvgIpc) is 3.37. The lowest BCUT2D eigenvalue weighted by Crippen LogP contribution is -2.63. The number of benzene rings is 1.